The Morgan fingerprint density at radius 3 is 1.42 bits per heavy atom. The molecule has 4 nitrogen and oxygen atoms in total. The number of carbonyl (C=O) groups is 1. The second kappa shape index (κ2) is 21.4. The summed E-state index contributed by atoms with van der Waals surface area (Å²) in [4.78, 5) is 11.6. The van der Waals surface area contributed by atoms with Gasteiger partial charge in [0.25, 0.3) is 0 Å². The lowest BCUT2D eigenvalue weighted by Gasteiger charge is -2.37. The van der Waals surface area contributed by atoms with Crippen LogP contribution in [-0.2, 0) is 9.53 Å². The fourth-order valence-corrected chi connectivity index (χ4v) is 2.84. The Morgan fingerprint density at radius 1 is 0.885 bits per heavy atom. The largest absolute Gasteiger partial charge is 1.00 e. The van der Waals surface area contributed by atoms with E-state index in [2.05, 4.69) is 48.6 Å². The highest BCUT2D eigenvalue weighted by molar-refractivity contribution is 5.81. The molecule has 0 aromatic rings. The molecule has 0 aliphatic heterocycles. The minimum absolute atomic E-state index is 0. The van der Waals surface area contributed by atoms with Crippen LogP contribution in [0.3, 0.4) is 0 Å². The van der Waals surface area contributed by atoms with Gasteiger partial charge < -0.3 is 47.7 Å². The van der Waals surface area contributed by atoms with Gasteiger partial charge in [0.2, 0.25) is 0 Å². The van der Waals surface area contributed by atoms with E-state index < -0.39 is 0 Å². The Morgan fingerprint density at radius 2 is 1.19 bits per heavy atom. The van der Waals surface area contributed by atoms with Crippen molar-refractivity contribution in [3.8, 4) is 0 Å². The zero-order valence-corrected chi connectivity index (χ0v) is 18.2. The normalized spacial score (nSPS) is 9.65. The fraction of sp³-hybridized carbons (Fsp3) is 0.850. The lowest BCUT2D eigenvalue weighted by atomic mass is 10.2. The highest BCUT2D eigenvalue weighted by atomic mass is 79.9. The number of rotatable bonds is 10. The molecule has 0 heterocycles. The molecule has 6 heteroatoms. The third kappa shape index (κ3) is 22.1. The third-order valence-corrected chi connectivity index (χ3v) is 3.50. The van der Waals surface area contributed by atoms with Gasteiger partial charge in [-0.15, -0.1) is 0 Å². The van der Waals surface area contributed by atoms with E-state index in [-0.39, 0.29) is 75.7 Å². The topological polar surface area (TPSA) is 26.3 Å². The molecular weight excluding hydrogens is 460 g/mol. The summed E-state index contributed by atoms with van der Waals surface area (Å²) in [6, 6.07) is 0. The van der Waals surface area contributed by atoms with Crippen molar-refractivity contribution in [2.75, 3.05) is 54.4 Å². The van der Waals surface area contributed by atoms with Crippen molar-refractivity contribution in [2.24, 2.45) is 0 Å². The standard InChI is InChI=1S/C16H34N2O2.4CH4.2BrH/c1-8-11-17(4,5)13-15(20-16(19)10-3)14-18(6,7)12-9-2;;;;;;/h10,15H,3,8-9,11-14H2,1-2,4-7H3;4*1H4;2*1H/q+2;;;;;;/p-2. The molecule has 0 spiro atoms. The molecule has 0 radical (unpaired) electrons. The van der Waals surface area contributed by atoms with Crippen LogP contribution in [0.4, 0.5) is 0 Å². The van der Waals surface area contributed by atoms with Crippen LogP contribution in [0, 0.1) is 0 Å². The van der Waals surface area contributed by atoms with E-state index in [1.54, 1.807) is 0 Å². The van der Waals surface area contributed by atoms with Gasteiger partial charge >= 0.3 is 5.97 Å². The van der Waals surface area contributed by atoms with Crippen molar-refractivity contribution in [1.29, 1.82) is 0 Å². The molecule has 26 heavy (non-hydrogen) atoms. The molecule has 0 atom stereocenters. The van der Waals surface area contributed by atoms with Gasteiger partial charge in [-0.1, -0.05) is 50.1 Å². The van der Waals surface area contributed by atoms with Gasteiger partial charge in [-0.05, 0) is 12.8 Å². The SMILES string of the molecule is C.C.C.C.C=CC(=O)OC(C[N+](C)(C)CCC)C[N+](C)(C)CCC.[Br-].[Br-]. The van der Waals surface area contributed by atoms with Gasteiger partial charge in [-0.3, -0.25) is 0 Å². The summed E-state index contributed by atoms with van der Waals surface area (Å²) in [5.74, 6) is -0.317. The summed E-state index contributed by atoms with van der Waals surface area (Å²) in [7, 11) is 8.77. The average Bonchev–Trinajstić information content (AvgIpc) is 2.26. The summed E-state index contributed by atoms with van der Waals surface area (Å²) >= 11 is 0. The van der Waals surface area contributed by atoms with Crippen LogP contribution >= 0.6 is 0 Å². The predicted octanol–water partition coefficient (Wildman–Crippen LogP) is -1.39. The van der Waals surface area contributed by atoms with Crippen LogP contribution in [0.1, 0.15) is 56.4 Å². The molecular formula is C20H50Br2N2O2. The van der Waals surface area contributed by atoms with Crippen molar-refractivity contribution in [3.05, 3.63) is 12.7 Å². The van der Waals surface area contributed by atoms with Gasteiger partial charge in [0, 0.05) is 6.08 Å². The Kier molecular flexibility index (Phi) is 37.1. The van der Waals surface area contributed by atoms with Crippen molar-refractivity contribution >= 4 is 5.97 Å². The van der Waals surface area contributed by atoms with Gasteiger partial charge in [-0.2, -0.15) is 0 Å². The monoisotopic (exact) mass is 508 g/mol. The molecule has 0 aliphatic carbocycles. The molecule has 0 amide bonds. The van der Waals surface area contributed by atoms with Gasteiger partial charge in [0.15, 0.2) is 6.10 Å². The van der Waals surface area contributed by atoms with Crippen molar-refractivity contribution in [2.45, 2.75) is 62.5 Å². The van der Waals surface area contributed by atoms with Crippen LogP contribution in [-0.4, -0.2) is 75.4 Å². The zero-order chi connectivity index (χ0) is 15.8. The van der Waals surface area contributed by atoms with Crippen LogP contribution in [0.15, 0.2) is 12.7 Å². The quantitative estimate of drug-likeness (QED) is 0.206. The number of nitrogens with zero attached hydrogens (tertiary/aromatic N) is 2. The Balaban J connectivity index is -0.000000120. The Labute approximate surface area is 187 Å². The summed E-state index contributed by atoms with van der Waals surface area (Å²) in [6.07, 6.45) is 3.45. The first-order valence-corrected chi connectivity index (χ1v) is 7.63. The number of hydrogen-bond donors (Lipinski definition) is 0. The molecule has 166 valence electrons. The number of likely N-dealkylation sites (N-methyl/N-ethyl adjacent to an activating group) is 2. The number of halogens is 2. The summed E-state index contributed by atoms with van der Waals surface area (Å²) in [5, 5.41) is 0. The van der Waals surface area contributed by atoms with E-state index in [9.17, 15) is 4.79 Å². The smallest absolute Gasteiger partial charge is 0.330 e. The number of esters is 1. The Bertz CT molecular complexity index is 303. The van der Waals surface area contributed by atoms with E-state index in [1.807, 2.05) is 0 Å². The second-order valence-corrected chi connectivity index (χ2v) is 6.95. The van der Waals surface area contributed by atoms with Crippen LogP contribution in [0.5, 0.6) is 0 Å². The van der Waals surface area contributed by atoms with E-state index in [4.69, 9.17) is 4.74 Å². The van der Waals surface area contributed by atoms with Crippen molar-refractivity contribution in [3.63, 3.8) is 0 Å². The molecule has 0 aliphatic rings. The summed E-state index contributed by atoms with van der Waals surface area (Å²) in [5.41, 5.74) is 0. The number of carbonyl (C=O) groups excluding carboxylic acids is 1. The maximum atomic E-state index is 11.6. The highest BCUT2D eigenvalue weighted by Crippen LogP contribution is 2.10. The van der Waals surface area contributed by atoms with E-state index in [1.165, 1.54) is 6.08 Å². The van der Waals surface area contributed by atoms with Crippen molar-refractivity contribution in [1.82, 2.24) is 0 Å². The maximum Gasteiger partial charge on any atom is 0.330 e. The minimum atomic E-state index is -0.317. The molecule has 0 aromatic heterocycles. The van der Waals surface area contributed by atoms with Gasteiger partial charge in [0.05, 0.1) is 41.3 Å². The first kappa shape index (κ1) is 45.1. The maximum absolute atomic E-state index is 11.6. The minimum Gasteiger partial charge on any atom is -1.00 e. The molecule has 0 unspecified atom stereocenters. The van der Waals surface area contributed by atoms with Crippen LogP contribution in [0.25, 0.3) is 0 Å². The molecule has 0 fully saturated rings. The fourth-order valence-electron chi connectivity index (χ4n) is 2.84. The first-order valence-electron chi connectivity index (χ1n) is 7.63. The number of ether oxygens (including phenoxy) is 1. The van der Waals surface area contributed by atoms with Gasteiger partial charge in [0.1, 0.15) is 13.1 Å². The molecule has 0 aromatic carbocycles. The molecule has 0 rings (SSSR count). The summed E-state index contributed by atoms with van der Waals surface area (Å²) < 4.78 is 7.32. The van der Waals surface area contributed by atoms with E-state index in [0.717, 1.165) is 48.0 Å². The van der Waals surface area contributed by atoms with Gasteiger partial charge in [-0.25, -0.2) is 4.79 Å². The van der Waals surface area contributed by atoms with Crippen molar-refractivity contribution < 1.29 is 52.5 Å². The lowest BCUT2D eigenvalue weighted by molar-refractivity contribution is -0.914. The van der Waals surface area contributed by atoms with Crippen LogP contribution < -0.4 is 34.0 Å². The molecule has 0 saturated heterocycles. The molecule has 0 N–H and O–H groups in total. The summed E-state index contributed by atoms with van der Waals surface area (Å²) in [6.45, 7) is 11.7. The lowest BCUT2D eigenvalue weighted by Crippen LogP contribution is -3.00. The van der Waals surface area contributed by atoms with E-state index >= 15 is 0 Å². The number of quaternary nitrogens is 2. The molecule has 0 bridgehead atoms. The average molecular weight is 510 g/mol. The molecule has 0 saturated carbocycles. The first-order chi connectivity index (χ1) is 9.15. The second-order valence-electron chi connectivity index (χ2n) is 6.95. The predicted molar refractivity (Wildman–Crippen MR) is 111 cm³/mol. The van der Waals surface area contributed by atoms with E-state index in [0.29, 0.717) is 0 Å². The highest BCUT2D eigenvalue weighted by Gasteiger charge is 2.30. The number of hydrogen-bond acceptors (Lipinski definition) is 2. The Hall–Kier alpha value is 0.0900. The zero-order valence-electron chi connectivity index (χ0n) is 15.1. The third-order valence-electron chi connectivity index (χ3n) is 3.50. The van der Waals surface area contributed by atoms with Crippen LogP contribution in [0.2, 0.25) is 0 Å².